The van der Waals surface area contributed by atoms with E-state index in [1.807, 2.05) is 12.1 Å². The van der Waals surface area contributed by atoms with Gasteiger partial charge in [-0.1, -0.05) is 6.07 Å². The van der Waals surface area contributed by atoms with E-state index in [2.05, 4.69) is 11.0 Å². The predicted octanol–water partition coefficient (Wildman–Crippen LogP) is 1.50. The molecule has 2 N–H and O–H groups in total. The van der Waals surface area contributed by atoms with Gasteiger partial charge in [0.25, 0.3) is 0 Å². The number of anilines is 1. The van der Waals surface area contributed by atoms with E-state index in [-0.39, 0.29) is 0 Å². The van der Waals surface area contributed by atoms with Gasteiger partial charge in [-0.15, -0.1) is 0 Å². The van der Waals surface area contributed by atoms with Crippen LogP contribution in [-0.4, -0.2) is 38.3 Å². The zero-order valence-electron chi connectivity index (χ0n) is 10.3. The summed E-state index contributed by atoms with van der Waals surface area (Å²) in [6, 6.07) is 5.99. The average Bonchev–Trinajstić information content (AvgIpc) is 2.58. The molecule has 1 aromatic carbocycles. The van der Waals surface area contributed by atoms with E-state index in [9.17, 15) is 0 Å². The molecule has 1 aliphatic rings. The molecule has 1 fully saturated rings. The molecule has 0 unspecified atom stereocenters. The number of methoxy groups -OCH3 is 1. The summed E-state index contributed by atoms with van der Waals surface area (Å²) in [5, 5.41) is 0. The molecule has 0 bridgehead atoms. The van der Waals surface area contributed by atoms with Crippen LogP contribution in [-0.2, 0) is 11.3 Å². The smallest absolute Gasteiger partial charge is 0.141 e. The normalized spacial score (nSPS) is 17.7. The Bertz CT molecular complexity index is 360. The molecule has 4 nitrogen and oxygen atoms in total. The molecule has 2 rings (SSSR count). The van der Waals surface area contributed by atoms with Crippen molar-refractivity contribution >= 4 is 5.69 Å². The Morgan fingerprint density at radius 3 is 3.00 bits per heavy atom. The second-order valence-electron chi connectivity index (χ2n) is 4.32. The zero-order valence-corrected chi connectivity index (χ0v) is 10.3. The predicted molar refractivity (Wildman–Crippen MR) is 68.1 cm³/mol. The summed E-state index contributed by atoms with van der Waals surface area (Å²) in [5.41, 5.74) is 7.83. The summed E-state index contributed by atoms with van der Waals surface area (Å²) in [5.74, 6) is 0.743. The fourth-order valence-corrected chi connectivity index (χ4v) is 2.10. The second kappa shape index (κ2) is 5.89. The summed E-state index contributed by atoms with van der Waals surface area (Å²) >= 11 is 0. The molecule has 0 amide bonds. The molecule has 94 valence electrons. The number of nitrogen functional groups attached to an aromatic ring is 1. The van der Waals surface area contributed by atoms with Crippen molar-refractivity contribution in [1.29, 1.82) is 0 Å². The first-order valence-electron chi connectivity index (χ1n) is 6.02. The fraction of sp³-hybridized carbons (Fsp3) is 0.538. The van der Waals surface area contributed by atoms with E-state index in [1.54, 1.807) is 7.11 Å². The van der Waals surface area contributed by atoms with E-state index in [0.717, 1.165) is 45.0 Å². The van der Waals surface area contributed by atoms with Crippen LogP contribution in [0.3, 0.4) is 0 Å². The van der Waals surface area contributed by atoms with Crippen LogP contribution < -0.4 is 10.5 Å². The van der Waals surface area contributed by atoms with Gasteiger partial charge in [0.15, 0.2) is 0 Å². The van der Waals surface area contributed by atoms with Crippen LogP contribution in [0.5, 0.6) is 5.75 Å². The van der Waals surface area contributed by atoms with Gasteiger partial charge >= 0.3 is 0 Å². The highest BCUT2D eigenvalue weighted by Crippen LogP contribution is 2.22. The molecule has 4 heteroatoms. The molecule has 0 aliphatic carbocycles. The SMILES string of the molecule is COc1ccc(CN2CCCOCC2)cc1N. The van der Waals surface area contributed by atoms with Crippen LogP contribution >= 0.6 is 0 Å². The molecule has 17 heavy (non-hydrogen) atoms. The second-order valence-corrected chi connectivity index (χ2v) is 4.32. The van der Waals surface area contributed by atoms with E-state index >= 15 is 0 Å². The molecule has 1 saturated heterocycles. The third-order valence-electron chi connectivity index (χ3n) is 3.02. The van der Waals surface area contributed by atoms with Crippen LogP contribution in [0.1, 0.15) is 12.0 Å². The molecule has 0 aromatic heterocycles. The molecular formula is C13H20N2O2. The highest BCUT2D eigenvalue weighted by Gasteiger charge is 2.10. The number of hydrogen-bond acceptors (Lipinski definition) is 4. The van der Waals surface area contributed by atoms with Gasteiger partial charge in [0, 0.05) is 26.2 Å². The van der Waals surface area contributed by atoms with Gasteiger partial charge in [0.05, 0.1) is 19.4 Å². The van der Waals surface area contributed by atoms with Crippen molar-refractivity contribution in [2.45, 2.75) is 13.0 Å². The summed E-state index contributed by atoms with van der Waals surface area (Å²) < 4.78 is 10.6. The van der Waals surface area contributed by atoms with Gasteiger partial charge in [0.1, 0.15) is 5.75 Å². The largest absolute Gasteiger partial charge is 0.495 e. The Hall–Kier alpha value is -1.26. The molecule has 0 spiro atoms. The number of nitrogens with two attached hydrogens (primary N) is 1. The van der Waals surface area contributed by atoms with Crippen LogP contribution in [0.4, 0.5) is 5.69 Å². The Morgan fingerprint density at radius 1 is 1.35 bits per heavy atom. The van der Waals surface area contributed by atoms with Gasteiger partial charge in [-0.3, -0.25) is 4.90 Å². The van der Waals surface area contributed by atoms with Gasteiger partial charge in [-0.05, 0) is 24.1 Å². The van der Waals surface area contributed by atoms with Gasteiger partial charge in [0.2, 0.25) is 0 Å². The molecule has 1 aliphatic heterocycles. The van der Waals surface area contributed by atoms with Crippen LogP contribution in [0, 0.1) is 0 Å². The quantitative estimate of drug-likeness (QED) is 0.808. The first-order valence-corrected chi connectivity index (χ1v) is 6.02. The van der Waals surface area contributed by atoms with Gasteiger partial charge < -0.3 is 15.2 Å². The van der Waals surface area contributed by atoms with Crippen molar-refractivity contribution in [2.75, 3.05) is 39.1 Å². The lowest BCUT2D eigenvalue weighted by Gasteiger charge is -2.19. The Kier molecular flexibility index (Phi) is 4.23. The molecule has 0 radical (unpaired) electrons. The van der Waals surface area contributed by atoms with Crippen molar-refractivity contribution in [1.82, 2.24) is 4.90 Å². The number of nitrogens with zero attached hydrogens (tertiary/aromatic N) is 1. The zero-order chi connectivity index (χ0) is 12.1. The van der Waals surface area contributed by atoms with E-state index < -0.39 is 0 Å². The number of ether oxygens (including phenoxy) is 2. The van der Waals surface area contributed by atoms with Crippen molar-refractivity contribution in [3.05, 3.63) is 23.8 Å². The minimum absolute atomic E-state index is 0.705. The van der Waals surface area contributed by atoms with E-state index in [4.69, 9.17) is 15.2 Å². The summed E-state index contributed by atoms with van der Waals surface area (Å²) in [6.45, 7) is 4.71. The lowest BCUT2D eigenvalue weighted by Crippen LogP contribution is -2.25. The Morgan fingerprint density at radius 2 is 2.24 bits per heavy atom. The fourth-order valence-electron chi connectivity index (χ4n) is 2.10. The van der Waals surface area contributed by atoms with Crippen molar-refractivity contribution in [3.8, 4) is 5.75 Å². The van der Waals surface area contributed by atoms with Crippen LogP contribution in [0.15, 0.2) is 18.2 Å². The highest BCUT2D eigenvalue weighted by molar-refractivity contribution is 5.54. The number of rotatable bonds is 3. The van der Waals surface area contributed by atoms with Crippen LogP contribution in [0.25, 0.3) is 0 Å². The van der Waals surface area contributed by atoms with Gasteiger partial charge in [-0.2, -0.15) is 0 Å². The lowest BCUT2D eigenvalue weighted by atomic mass is 10.1. The number of benzene rings is 1. The monoisotopic (exact) mass is 236 g/mol. The van der Waals surface area contributed by atoms with Crippen molar-refractivity contribution in [2.24, 2.45) is 0 Å². The molecular weight excluding hydrogens is 216 g/mol. The first-order chi connectivity index (χ1) is 8.29. The molecule has 0 saturated carbocycles. The lowest BCUT2D eigenvalue weighted by molar-refractivity contribution is 0.140. The summed E-state index contributed by atoms with van der Waals surface area (Å²) in [6.07, 6.45) is 1.10. The summed E-state index contributed by atoms with van der Waals surface area (Å²) in [7, 11) is 1.64. The Balaban J connectivity index is 1.99. The maximum atomic E-state index is 5.90. The topological polar surface area (TPSA) is 47.7 Å². The van der Waals surface area contributed by atoms with Crippen molar-refractivity contribution in [3.63, 3.8) is 0 Å². The third kappa shape index (κ3) is 3.35. The van der Waals surface area contributed by atoms with E-state index in [1.165, 1.54) is 5.56 Å². The van der Waals surface area contributed by atoms with Gasteiger partial charge in [-0.25, -0.2) is 0 Å². The molecule has 0 atom stereocenters. The maximum absolute atomic E-state index is 5.90. The number of hydrogen-bond donors (Lipinski definition) is 1. The standard InChI is InChI=1S/C13H20N2O2/c1-16-13-4-3-11(9-12(13)14)10-15-5-2-7-17-8-6-15/h3-4,9H,2,5-8,10,14H2,1H3. The molecule has 1 heterocycles. The first kappa shape index (κ1) is 12.2. The summed E-state index contributed by atoms with van der Waals surface area (Å²) in [4.78, 5) is 2.40. The maximum Gasteiger partial charge on any atom is 0.141 e. The van der Waals surface area contributed by atoms with E-state index in [0.29, 0.717) is 5.69 Å². The van der Waals surface area contributed by atoms with Crippen LogP contribution in [0.2, 0.25) is 0 Å². The third-order valence-corrected chi connectivity index (χ3v) is 3.02. The van der Waals surface area contributed by atoms with Crippen molar-refractivity contribution < 1.29 is 9.47 Å². The Labute approximate surface area is 102 Å². The minimum atomic E-state index is 0.705. The highest BCUT2D eigenvalue weighted by atomic mass is 16.5. The minimum Gasteiger partial charge on any atom is -0.495 e. The molecule has 1 aromatic rings. The average molecular weight is 236 g/mol.